The molecule has 1 aromatic carbocycles. The highest BCUT2D eigenvalue weighted by molar-refractivity contribution is 5.90. The molecule has 0 spiro atoms. The van der Waals surface area contributed by atoms with E-state index in [1.54, 1.807) is 4.90 Å². The van der Waals surface area contributed by atoms with Crippen molar-refractivity contribution in [3.8, 4) is 0 Å². The number of piperidine rings is 1. The van der Waals surface area contributed by atoms with Gasteiger partial charge in [0.05, 0.1) is 0 Å². The third-order valence-corrected chi connectivity index (χ3v) is 4.53. The molecule has 0 aromatic heterocycles. The van der Waals surface area contributed by atoms with E-state index < -0.39 is 0 Å². The minimum Gasteiger partial charge on any atom is -0.396 e. The second-order valence-electron chi connectivity index (χ2n) is 6.08. The number of rotatable bonds is 2. The largest absolute Gasteiger partial charge is 0.396 e. The van der Waals surface area contributed by atoms with Gasteiger partial charge in [-0.05, 0) is 42.9 Å². The van der Waals surface area contributed by atoms with Gasteiger partial charge in [-0.15, -0.1) is 0 Å². The number of fused-ring (bicyclic) bond motifs is 1. The number of urea groups is 1. The van der Waals surface area contributed by atoms with E-state index in [-0.39, 0.29) is 18.6 Å². The fraction of sp³-hybridized carbons (Fsp3) is 0.562. The number of amides is 2. The summed E-state index contributed by atoms with van der Waals surface area (Å²) in [6.45, 7) is 2.62. The van der Waals surface area contributed by atoms with E-state index in [1.807, 2.05) is 12.1 Å². The summed E-state index contributed by atoms with van der Waals surface area (Å²) in [6, 6.07) is 6.06. The molecule has 2 amide bonds. The van der Waals surface area contributed by atoms with Gasteiger partial charge in [0, 0.05) is 44.7 Å². The van der Waals surface area contributed by atoms with E-state index in [0.29, 0.717) is 6.54 Å². The van der Waals surface area contributed by atoms with Crippen molar-refractivity contribution in [2.24, 2.45) is 5.92 Å². The van der Waals surface area contributed by atoms with Crippen molar-refractivity contribution in [3.05, 3.63) is 23.8 Å². The second kappa shape index (κ2) is 5.93. The maximum absolute atomic E-state index is 12.3. The van der Waals surface area contributed by atoms with Crippen molar-refractivity contribution >= 4 is 17.4 Å². The summed E-state index contributed by atoms with van der Waals surface area (Å²) in [4.78, 5) is 16.4. The van der Waals surface area contributed by atoms with E-state index in [2.05, 4.69) is 23.3 Å². The van der Waals surface area contributed by atoms with Gasteiger partial charge in [-0.1, -0.05) is 6.07 Å². The number of anilines is 2. The summed E-state index contributed by atoms with van der Waals surface area (Å²) in [7, 11) is 2.08. The molecule has 5 heteroatoms. The molecule has 0 radical (unpaired) electrons. The van der Waals surface area contributed by atoms with Crippen molar-refractivity contribution in [2.45, 2.75) is 19.3 Å². The summed E-state index contributed by atoms with van der Waals surface area (Å²) in [6.07, 6.45) is 3.04. The normalized spacial score (nSPS) is 21.3. The molecule has 1 saturated heterocycles. The molecule has 2 aliphatic rings. The number of carbonyl (C=O) groups is 1. The highest BCUT2D eigenvalue weighted by Crippen LogP contribution is 2.29. The number of carbonyl (C=O) groups excluding carboxylic acids is 1. The molecule has 5 nitrogen and oxygen atoms in total. The zero-order valence-corrected chi connectivity index (χ0v) is 12.5. The quantitative estimate of drug-likeness (QED) is 0.874. The molecule has 0 bridgehead atoms. The topological polar surface area (TPSA) is 55.8 Å². The Balaban J connectivity index is 1.66. The van der Waals surface area contributed by atoms with Crippen LogP contribution in [0.5, 0.6) is 0 Å². The van der Waals surface area contributed by atoms with Crippen LogP contribution in [-0.4, -0.2) is 49.3 Å². The lowest BCUT2D eigenvalue weighted by Gasteiger charge is -2.31. The SMILES string of the molecule is CN1CCc2ccc(NC(=O)N3CCCC(CO)C3)cc21. The van der Waals surface area contributed by atoms with E-state index in [4.69, 9.17) is 0 Å². The third-order valence-electron chi connectivity index (χ3n) is 4.53. The molecule has 3 rings (SSSR count). The Morgan fingerprint density at radius 2 is 2.29 bits per heavy atom. The van der Waals surface area contributed by atoms with Gasteiger partial charge in [0.2, 0.25) is 0 Å². The highest BCUT2D eigenvalue weighted by Gasteiger charge is 2.23. The number of nitrogens with one attached hydrogen (secondary N) is 1. The molecule has 1 aromatic rings. The molecule has 1 atom stereocenters. The van der Waals surface area contributed by atoms with Crippen LogP contribution < -0.4 is 10.2 Å². The summed E-state index contributed by atoms with van der Waals surface area (Å²) in [5.41, 5.74) is 3.40. The fourth-order valence-corrected chi connectivity index (χ4v) is 3.22. The van der Waals surface area contributed by atoms with Crippen molar-refractivity contribution in [1.29, 1.82) is 0 Å². The van der Waals surface area contributed by atoms with Crippen molar-refractivity contribution in [2.75, 3.05) is 43.5 Å². The maximum Gasteiger partial charge on any atom is 0.321 e. The fourth-order valence-electron chi connectivity index (χ4n) is 3.22. The minimum atomic E-state index is -0.0613. The van der Waals surface area contributed by atoms with Crippen molar-refractivity contribution in [1.82, 2.24) is 4.90 Å². The summed E-state index contributed by atoms with van der Waals surface area (Å²) >= 11 is 0. The number of aliphatic hydroxyl groups excluding tert-OH is 1. The van der Waals surface area contributed by atoms with Gasteiger partial charge in [-0.25, -0.2) is 4.79 Å². The molecule has 2 aliphatic heterocycles. The molecular formula is C16H23N3O2. The molecular weight excluding hydrogens is 266 g/mol. The first kappa shape index (κ1) is 14.2. The van der Waals surface area contributed by atoms with Crippen LogP contribution in [0.2, 0.25) is 0 Å². The zero-order chi connectivity index (χ0) is 14.8. The van der Waals surface area contributed by atoms with Gasteiger partial charge in [0.25, 0.3) is 0 Å². The molecule has 2 N–H and O–H groups in total. The number of likely N-dealkylation sites (tertiary alicyclic amines) is 1. The highest BCUT2D eigenvalue weighted by atomic mass is 16.3. The predicted octanol–water partition coefficient (Wildman–Crippen LogP) is 1.92. The lowest BCUT2D eigenvalue weighted by Crippen LogP contribution is -2.43. The molecule has 1 unspecified atom stereocenters. The molecule has 114 valence electrons. The second-order valence-corrected chi connectivity index (χ2v) is 6.08. The smallest absolute Gasteiger partial charge is 0.321 e. The standard InChI is InChI=1S/C16H23N3O2/c1-18-8-6-13-4-5-14(9-15(13)18)17-16(21)19-7-2-3-12(10-19)11-20/h4-5,9,12,20H,2-3,6-8,10-11H2,1H3,(H,17,21). The first-order valence-corrected chi connectivity index (χ1v) is 7.68. The molecule has 21 heavy (non-hydrogen) atoms. The Morgan fingerprint density at radius 3 is 3.10 bits per heavy atom. The number of likely N-dealkylation sites (N-methyl/N-ethyl adjacent to an activating group) is 1. The van der Waals surface area contributed by atoms with Gasteiger partial charge in [0.1, 0.15) is 0 Å². The number of hydrogen-bond donors (Lipinski definition) is 2. The van der Waals surface area contributed by atoms with Crippen LogP contribution in [0.4, 0.5) is 16.2 Å². The number of hydrogen-bond acceptors (Lipinski definition) is 3. The lowest BCUT2D eigenvalue weighted by atomic mass is 9.99. The van der Waals surface area contributed by atoms with Crippen molar-refractivity contribution < 1.29 is 9.90 Å². The van der Waals surface area contributed by atoms with E-state index in [9.17, 15) is 9.90 Å². The van der Waals surface area contributed by atoms with Crippen LogP contribution in [-0.2, 0) is 6.42 Å². The van der Waals surface area contributed by atoms with Crippen LogP contribution in [0.3, 0.4) is 0 Å². The molecule has 0 saturated carbocycles. The summed E-state index contributed by atoms with van der Waals surface area (Å²) in [5.74, 6) is 0.218. The van der Waals surface area contributed by atoms with Crippen LogP contribution in [0, 0.1) is 5.92 Å². The summed E-state index contributed by atoms with van der Waals surface area (Å²) in [5, 5.41) is 12.2. The van der Waals surface area contributed by atoms with E-state index in [0.717, 1.165) is 38.0 Å². The van der Waals surface area contributed by atoms with Crippen molar-refractivity contribution in [3.63, 3.8) is 0 Å². The maximum atomic E-state index is 12.3. The number of nitrogens with zero attached hydrogens (tertiary/aromatic N) is 2. The van der Waals surface area contributed by atoms with Gasteiger partial charge in [-0.3, -0.25) is 0 Å². The first-order valence-electron chi connectivity index (χ1n) is 7.68. The van der Waals surface area contributed by atoms with Gasteiger partial charge >= 0.3 is 6.03 Å². The summed E-state index contributed by atoms with van der Waals surface area (Å²) < 4.78 is 0. The van der Waals surface area contributed by atoms with Crippen LogP contribution in [0.15, 0.2) is 18.2 Å². The Labute approximate surface area is 125 Å². The number of aliphatic hydroxyl groups is 1. The average molecular weight is 289 g/mol. The van der Waals surface area contributed by atoms with E-state index >= 15 is 0 Å². The Kier molecular flexibility index (Phi) is 4.01. The zero-order valence-electron chi connectivity index (χ0n) is 12.5. The number of benzene rings is 1. The van der Waals surface area contributed by atoms with Gasteiger partial charge < -0.3 is 20.2 Å². The lowest BCUT2D eigenvalue weighted by molar-refractivity contribution is 0.136. The van der Waals surface area contributed by atoms with Gasteiger partial charge in [-0.2, -0.15) is 0 Å². The molecule has 1 fully saturated rings. The van der Waals surface area contributed by atoms with Crippen LogP contribution in [0.1, 0.15) is 18.4 Å². The van der Waals surface area contributed by atoms with Gasteiger partial charge in [0.15, 0.2) is 0 Å². The Morgan fingerprint density at radius 1 is 1.43 bits per heavy atom. The average Bonchev–Trinajstić information content (AvgIpc) is 2.88. The third kappa shape index (κ3) is 2.97. The monoisotopic (exact) mass is 289 g/mol. The first-order chi connectivity index (χ1) is 10.2. The van der Waals surface area contributed by atoms with Crippen LogP contribution in [0.25, 0.3) is 0 Å². The predicted molar refractivity (Wildman–Crippen MR) is 83.8 cm³/mol. The Bertz CT molecular complexity index is 532. The Hall–Kier alpha value is -1.75. The molecule has 2 heterocycles. The van der Waals surface area contributed by atoms with Crippen LogP contribution >= 0.6 is 0 Å². The minimum absolute atomic E-state index is 0.0613. The van der Waals surface area contributed by atoms with E-state index in [1.165, 1.54) is 11.3 Å². The molecule has 0 aliphatic carbocycles.